The van der Waals surface area contributed by atoms with Crippen molar-refractivity contribution in [3.05, 3.63) is 128 Å². The number of aromatic nitrogens is 3. The summed E-state index contributed by atoms with van der Waals surface area (Å²) in [5, 5.41) is 11.5. The summed E-state index contributed by atoms with van der Waals surface area (Å²) < 4.78 is 2.46. The van der Waals surface area contributed by atoms with E-state index in [1.807, 2.05) is 62.4 Å². The Morgan fingerprint density at radius 2 is 1.73 bits per heavy atom. The summed E-state index contributed by atoms with van der Waals surface area (Å²) in [5.74, 6) is -0.633. The highest BCUT2D eigenvalue weighted by Crippen LogP contribution is 2.48. The lowest BCUT2D eigenvalue weighted by Gasteiger charge is -2.37. The molecule has 1 aliphatic heterocycles. The van der Waals surface area contributed by atoms with E-state index in [0.29, 0.717) is 51.9 Å². The van der Waals surface area contributed by atoms with Gasteiger partial charge in [-0.15, -0.1) is 0 Å². The molecule has 0 unspecified atom stereocenters. The number of para-hydroxylation sites is 1. The van der Waals surface area contributed by atoms with E-state index in [1.54, 1.807) is 23.0 Å². The molecule has 2 aromatic heterocycles. The van der Waals surface area contributed by atoms with Gasteiger partial charge in [-0.1, -0.05) is 60.1 Å². The Balaban J connectivity index is 1.48. The Labute approximate surface area is 251 Å². The summed E-state index contributed by atoms with van der Waals surface area (Å²) in [6.45, 7) is 3.73. The predicted molar refractivity (Wildman–Crippen MR) is 163 cm³/mol. The van der Waals surface area contributed by atoms with E-state index in [2.05, 4.69) is 43.7 Å². The first-order valence-electron chi connectivity index (χ1n) is 13.3. The number of amides is 1. The van der Waals surface area contributed by atoms with Crippen LogP contribution in [0.1, 0.15) is 48.4 Å². The van der Waals surface area contributed by atoms with Gasteiger partial charge in [0.1, 0.15) is 11.0 Å². The van der Waals surface area contributed by atoms with Crippen LogP contribution in [0, 0.1) is 6.92 Å². The second-order valence-electron chi connectivity index (χ2n) is 10.3. The zero-order valence-corrected chi connectivity index (χ0v) is 24.8. The summed E-state index contributed by atoms with van der Waals surface area (Å²) in [5.41, 5.74) is 5.65. The maximum Gasteiger partial charge on any atom is 0.255 e. The van der Waals surface area contributed by atoms with Crippen LogP contribution in [0.2, 0.25) is 5.15 Å². The summed E-state index contributed by atoms with van der Waals surface area (Å²) in [7, 11) is 0. The van der Waals surface area contributed by atoms with Gasteiger partial charge < -0.3 is 10.6 Å². The fourth-order valence-electron chi connectivity index (χ4n) is 5.80. The Kier molecular flexibility index (Phi) is 7.36. The number of benzene rings is 2. The summed E-state index contributed by atoms with van der Waals surface area (Å²) >= 11 is 10.5. The Morgan fingerprint density at radius 1 is 1.02 bits per heavy atom. The predicted octanol–water partition coefficient (Wildman–Crippen LogP) is 6.99. The maximum atomic E-state index is 14.0. The minimum atomic E-state index is -0.698. The Morgan fingerprint density at radius 3 is 2.41 bits per heavy atom. The Bertz CT molecular complexity index is 1710. The van der Waals surface area contributed by atoms with Crippen molar-refractivity contribution in [2.75, 3.05) is 5.32 Å². The average molecular weight is 629 g/mol. The number of ketones is 1. The topological polar surface area (TPSA) is 88.9 Å². The molecule has 206 valence electrons. The van der Waals surface area contributed by atoms with Gasteiger partial charge in [-0.3, -0.25) is 9.59 Å². The van der Waals surface area contributed by atoms with Crippen LogP contribution in [0.3, 0.4) is 0 Å². The Hall–Kier alpha value is -4.01. The van der Waals surface area contributed by atoms with E-state index in [1.165, 1.54) is 0 Å². The van der Waals surface area contributed by atoms with Gasteiger partial charge in [0.05, 0.1) is 17.3 Å². The van der Waals surface area contributed by atoms with Crippen molar-refractivity contribution in [3.63, 3.8) is 0 Å². The second-order valence-corrected chi connectivity index (χ2v) is 11.6. The zero-order chi connectivity index (χ0) is 28.7. The highest BCUT2D eigenvalue weighted by molar-refractivity contribution is 9.10. The first kappa shape index (κ1) is 27.2. The van der Waals surface area contributed by atoms with Gasteiger partial charge in [-0.2, -0.15) is 5.10 Å². The van der Waals surface area contributed by atoms with Crippen LogP contribution in [0.4, 0.5) is 5.82 Å². The molecule has 1 amide bonds. The molecular weight excluding hydrogens is 602 g/mol. The molecule has 2 aliphatic rings. The van der Waals surface area contributed by atoms with Gasteiger partial charge in [-0.25, -0.2) is 9.67 Å². The number of allylic oxidation sites excluding steroid dienone is 3. The molecule has 0 radical (unpaired) electrons. The van der Waals surface area contributed by atoms with Crippen molar-refractivity contribution in [1.29, 1.82) is 0 Å². The third kappa shape index (κ3) is 5.13. The third-order valence-electron chi connectivity index (χ3n) is 7.65. The first-order chi connectivity index (χ1) is 19.8. The number of pyridine rings is 1. The number of hydrogen-bond donors (Lipinski definition) is 2. The molecular formula is C32H27BrClN5O2. The molecule has 9 heteroatoms. The smallest absolute Gasteiger partial charge is 0.255 e. The van der Waals surface area contributed by atoms with Crippen molar-refractivity contribution >= 4 is 45.0 Å². The molecule has 0 fully saturated rings. The number of nitrogens with zero attached hydrogens (tertiary/aromatic N) is 3. The molecule has 7 nitrogen and oxygen atoms in total. The summed E-state index contributed by atoms with van der Waals surface area (Å²) in [6, 6.07) is 23.2. The van der Waals surface area contributed by atoms with Crippen LogP contribution in [0.5, 0.6) is 0 Å². The van der Waals surface area contributed by atoms with Crippen molar-refractivity contribution in [1.82, 2.24) is 20.1 Å². The van der Waals surface area contributed by atoms with Gasteiger partial charge in [0.2, 0.25) is 0 Å². The molecule has 0 spiro atoms. The van der Waals surface area contributed by atoms with E-state index in [0.717, 1.165) is 21.4 Å². The minimum absolute atomic E-state index is 0.0138. The lowest BCUT2D eigenvalue weighted by Crippen LogP contribution is -2.37. The SMILES string of the molecule is CC1=C(C(=O)Nc2ccc(Br)cn2)[C@@H](c2c(C)nn(-c3ccccc3)c2Cl)C2=C(C[C@H](c3ccccc3)CC2=O)N1. The summed E-state index contributed by atoms with van der Waals surface area (Å²) in [6.07, 6.45) is 2.60. The van der Waals surface area contributed by atoms with E-state index >= 15 is 0 Å². The monoisotopic (exact) mass is 627 g/mol. The molecule has 4 aromatic rings. The molecule has 6 rings (SSSR count). The largest absolute Gasteiger partial charge is 0.362 e. The lowest BCUT2D eigenvalue weighted by atomic mass is 9.71. The number of carbonyl (C=O) groups is 2. The van der Waals surface area contributed by atoms with Crippen LogP contribution in [0.25, 0.3) is 5.69 Å². The van der Waals surface area contributed by atoms with Crippen molar-refractivity contribution in [2.24, 2.45) is 0 Å². The van der Waals surface area contributed by atoms with E-state index < -0.39 is 5.92 Å². The number of anilines is 1. The van der Waals surface area contributed by atoms with Gasteiger partial charge in [0.25, 0.3) is 5.91 Å². The quantitative estimate of drug-likeness (QED) is 0.249. The van der Waals surface area contributed by atoms with Gasteiger partial charge in [0.15, 0.2) is 5.78 Å². The molecule has 0 bridgehead atoms. The molecule has 2 aromatic carbocycles. The molecule has 1 aliphatic carbocycles. The van der Waals surface area contributed by atoms with Crippen molar-refractivity contribution < 1.29 is 9.59 Å². The number of rotatable bonds is 5. The summed E-state index contributed by atoms with van der Waals surface area (Å²) in [4.78, 5) is 32.3. The molecule has 0 saturated carbocycles. The minimum Gasteiger partial charge on any atom is -0.362 e. The van der Waals surface area contributed by atoms with Gasteiger partial charge >= 0.3 is 0 Å². The number of dihydropyridines is 1. The zero-order valence-electron chi connectivity index (χ0n) is 22.5. The number of halogens is 2. The molecule has 41 heavy (non-hydrogen) atoms. The second kappa shape index (κ2) is 11.1. The van der Waals surface area contributed by atoms with Crippen LogP contribution in [0.15, 0.2) is 106 Å². The number of Topliss-reactive ketones (excluding diaryl/α,β-unsaturated/α-hetero) is 1. The highest BCUT2D eigenvalue weighted by atomic mass is 79.9. The molecule has 2 N–H and O–H groups in total. The standard InChI is InChI=1S/C32H27BrClN5O2/c1-18-28(32(41)37-26-14-13-22(33)17-35-26)30(27-19(2)38-39(31(27)34)23-11-7-4-8-12-23)29-24(36-18)15-21(16-25(29)40)20-9-5-3-6-10-20/h3-14,17,21,30,36H,15-16H2,1-2H3,(H,35,37,41)/t21-,30+/m0/s1. The molecule has 2 atom stereocenters. The highest BCUT2D eigenvalue weighted by Gasteiger charge is 2.43. The fourth-order valence-corrected chi connectivity index (χ4v) is 6.42. The average Bonchev–Trinajstić information content (AvgIpc) is 3.27. The van der Waals surface area contributed by atoms with Crippen LogP contribution < -0.4 is 10.6 Å². The van der Waals surface area contributed by atoms with Crippen molar-refractivity contribution in [2.45, 2.75) is 38.5 Å². The van der Waals surface area contributed by atoms with Gasteiger partial charge in [-0.05, 0) is 71.9 Å². The van der Waals surface area contributed by atoms with Crippen LogP contribution >= 0.6 is 27.5 Å². The number of hydrogen-bond acceptors (Lipinski definition) is 5. The van der Waals surface area contributed by atoms with Crippen molar-refractivity contribution in [3.8, 4) is 5.69 Å². The van der Waals surface area contributed by atoms with Crippen LogP contribution in [-0.2, 0) is 9.59 Å². The lowest BCUT2D eigenvalue weighted by molar-refractivity contribution is -0.116. The molecule has 3 heterocycles. The number of nitrogens with one attached hydrogen (secondary N) is 2. The normalized spacial score (nSPS) is 18.7. The first-order valence-corrected chi connectivity index (χ1v) is 14.5. The third-order valence-corrected chi connectivity index (χ3v) is 8.48. The number of aryl methyl sites for hydroxylation is 1. The molecule has 0 saturated heterocycles. The van der Waals surface area contributed by atoms with E-state index in [9.17, 15) is 9.59 Å². The number of carbonyl (C=O) groups excluding carboxylic acids is 2. The van der Waals surface area contributed by atoms with Crippen LogP contribution in [-0.4, -0.2) is 26.5 Å². The van der Waals surface area contributed by atoms with E-state index in [4.69, 9.17) is 16.7 Å². The fraction of sp³-hybridized carbons (Fsp3) is 0.188. The van der Waals surface area contributed by atoms with Gasteiger partial charge in [0, 0.05) is 45.2 Å². The maximum absolute atomic E-state index is 14.0. The van der Waals surface area contributed by atoms with E-state index in [-0.39, 0.29) is 17.6 Å².